The molecular weight excluding hydrogens is 592 g/mol. The highest BCUT2D eigenvalue weighted by molar-refractivity contribution is 7.53. The van der Waals surface area contributed by atoms with Crippen molar-refractivity contribution in [1.29, 1.82) is 0 Å². The number of nitro groups is 1. The largest absolute Gasteiger partial charge is 0.493 e. The number of hydrogen-bond acceptors (Lipinski definition) is 10. The molecule has 0 N–H and O–H groups in total. The van der Waals surface area contributed by atoms with Crippen molar-refractivity contribution < 1.29 is 37.1 Å². The molecule has 0 aliphatic heterocycles. The highest BCUT2D eigenvalue weighted by Gasteiger charge is 2.27. The Kier molecular flexibility index (Phi) is 11.6. The van der Waals surface area contributed by atoms with Crippen LogP contribution >= 0.6 is 7.60 Å². The van der Waals surface area contributed by atoms with Crippen LogP contribution in [0.5, 0.6) is 23.0 Å². The topological polar surface area (TPSA) is 122 Å². The molecule has 0 saturated carbocycles. The van der Waals surface area contributed by atoms with Crippen LogP contribution in [0.1, 0.15) is 25.8 Å². The highest BCUT2D eigenvalue weighted by atomic mass is 31.2. The van der Waals surface area contributed by atoms with Gasteiger partial charge in [0.1, 0.15) is 12.0 Å². The molecule has 0 aliphatic rings. The van der Waals surface area contributed by atoms with Crippen LogP contribution in [0.4, 0.5) is 10.1 Å². The Morgan fingerprint density at radius 1 is 0.955 bits per heavy atom. The molecule has 44 heavy (non-hydrogen) atoms. The number of non-ortho nitro benzene ring substituents is 1. The minimum absolute atomic E-state index is 0.144. The second kappa shape index (κ2) is 15.6. The fourth-order valence-electron chi connectivity index (χ4n) is 4.56. The Labute approximate surface area is 255 Å². The van der Waals surface area contributed by atoms with E-state index in [1.54, 1.807) is 32.0 Å². The molecule has 11 nitrogen and oxygen atoms in total. The summed E-state index contributed by atoms with van der Waals surface area (Å²) in [5.41, 5.74) is 1.21. The zero-order valence-corrected chi connectivity index (χ0v) is 25.7. The number of hydrogen-bond donors (Lipinski definition) is 0. The lowest BCUT2D eigenvalue weighted by molar-refractivity contribution is -0.385. The van der Waals surface area contributed by atoms with E-state index in [-0.39, 0.29) is 36.7 Å². The summed E-state index contributed by atoms with van der Waals surface area (Å²) in [5.74, 6) is 0.127. The first kappa shape index (κ1) is 32.8. The van der Waals surface area contributed by atoms with Crippen LogP contribution in [0.25, 0.3) is 10.9 Å². The molecule has 4 aromatic rings. The van der Waals surface area contributed by atoms with Crippen LogP contribution in [0.2, 0.25) is 0 Å². The smallest absolute Gasteiger partial charge is 0.344 e. The average Bonchev–Trinajstić information content (AvgIpc) is 3.00. The van der Waals surface area contributed by atoms with Gasteiger partial charge < -0.3 is 23.3 Å². The van der Waals surface area contributed by atoms with Gasteiger partial charge in [-0.25, -0.2) is 4.39 Å². The van der Waals surface area contributed by atoms with E-state index in [9.17, 15) is 19.1 Å². The Balaban J connectivity index is 1.47. The third-order valence-electron chi connectivity index (χ3n) is 6.48. The van der Waals surface area contributed by atoms with Crippen molar-refractivity contribution in [2.45, 2.75) is 26.8 Å². The van der Waals surface area contributed by atoms with Crippen LogP contribution in [0.3, 0.4) is 0 Å². The molecule has 0 aliphatic carbocycles. The lowest BCUT2D eigenvalue weighted by Gasteiger charge is -2.27. The summed E-state index contributed by atoms with van der Waals surface area (Å²) in [5, 5.41) is 11.5. The van der Waals surface area contributed by atoms with Gasteiger partial charge in [0.05, 0.1) is 43.4 Å². The Bertz CT molecular complexity index is 1600. The molecule has 0 atom stereocenters. The first-order chi connectivity index (χ1) is 21.2. The summed E-state index contributed by atoms with van der Waals surface area (Å²) in [4.78, 5) is 16.7. The van der Waals surface area contributed by atoms with Crippen LogP contribution in [0.15, 0.2) is 72.9 Å². The molecule has 1 aromatic heterocycles. The Morgan fingerprint density at radius 2 is 1.70 bits per heavy atom. The van der Waals surface area contributed by atoms with Gasteiger partial charge in [-0.05, 0) is 44.0 Å². The van der Waals surface area contributed by atoms with Crippen molar-refractivity contribution in [1.82, 2.24) is 9.88 Å². The van der Waals surface area contributed by atoms with Crippen molar-refractivity contribution in [2.75, 3.05) is 39.8 Å². The molecular formula is C31H35FN3O8P. The summed E-state index contributed by atoms with van der Waals surface area (Å²) < 4.78 is 56.3. The Hall–Kier alpha value is -4.09. The van der Waals surface area contributed by atoms with Gasteiger partial charge >= 0.3 is 7.60 Å². The second-order valence-corrected chi connectivity index (χ2v) is 11.7. The van der Waals surface area contributed by atoms with Crippen LogP contribution in [0, 0.1) is 15.9 Å². The number of halogens is 1. The van der Waals surface area contributed by atoms with E-state index >= 15 is 0 Å². The van der Waals surface area contributed by atoms with Gasteiger partial charge in [-0.15, -0.1) is 0 Å². The number of nitro benzene ring substituents is 1. The first-order valence-electron chi connectivity index (χ1n) is 14.1. The quantitative estimate of drug-likeness (QED) is 0.0501. The predicted octanol–water partition coefficient (Wildman–Crippen LogP) is 7.58. The lowest BCUT2D eigenvalue weighted by Crippen LogP contribution is -2.28. The number of methoxy groups -OCH3 is 1. The van der Waals surface area contributed by atoms with Crippen molar-refractivity contribution in [2.24, 2.45) is 0 Å². The van der Waals surface area contributed by atoms with Crippen molar-refractivity contribution in [3.63, 3.8) is 0 Å². The zero-order chi connectivity index (χ0) is 31.5. The third-order valence-corrected chi connectivity index (χ3v) is 8.53. The normalized spacial score (nSPS) is 11.6. The summed E-state index contributed by atoms with van der Waals surface area (Å²) in [6.45, 7) is 5.59. The predicted molar refractivity (Wildman–Crippen MR) is 164 cm³/mol. The molecule has 0 fully saturated rings. The summed E-state index contributed by atoms with van der Waals surface area (Å²) in [7, 11) is -1.81. The summed E-state index contributed by atoms with van der Waals surface area (Å²) >= 11 is 0. The number of ether oxygens (including phenoxy) is 3. The maximum atomic E-state index is 14.5. The SMILES string of the molecule is CCOP(=O)(CN(CCCOc1cc2nccc(Oc3ccc([N+](=O)[O-])cc3F)c2cc1OC)Cc1ccccc1)OCC. The Morgan fingerprint density at radius 3 is 2.36 bits per heavy atom. The fourth-order valence-corrected chi connectivity index (χ4v) is 6.32. The van der Waals surface area contributed by atoms with Crippen molar-refractivity contribution >= 4 is 24.2 Å². The minimum Gasteiger partial charge on any atom is -0.493 e. The molecule has 3 aromatic carbocycles. The van der Waals surface area contributed by atoms with Gasteiger partial charge in [-0.2, -0.15) is 0 Å². The van der Waals surface area contributed by atoms with E-state index in [4.69, 9.17) is 23.3 Å². The molecule has 234 valence electrons. The first-order valence-corrected chi connectivity index (χ1v) is 15.8. The van der Waals surface area contributed by atoms with Crippen LogP contribution in [-0.2, 0) is 20.2 Å². The number of rotatable bonds is 17. The maximum Gasteiger partial charge on any atom is 0.344 e. The van der Waals surface area contributed by atoms with E-state index in [0.717, 1.165) is 11.6 Å². The van der Waals surface area contributed by atoms with Crippen LogP contribution < -0.4 is 14.2 Å². The van der Waals surface area contributed by atoms with Gasteiger partial charge in [0, 0.05) is 36.8 Å². The summed E-state index contributed by atoms with van der Waals surface area (Å²) in [6, 6.07) is 18.0. The van der Waals surface area contributed by atoms with Crippen molar-refractivity contribution in [3.05, 3.63) is 94.4 Å². The van der Waals surface area contributed by atoms with Crippen molar-refractivity contribution in [3.8, 4) is 23.0 Å². The van der Waals surface area contributed by atoms with E-state index in [1.807, 2.05) is 35.2 Å². The standard InChI is InChI=1S/C31H35FN3O8P/c1-4-41-44(38,42-5-2)22-34(21-23-10-7-6-8-11-23)16-9-17-40-31-20-27-25(19-30(31)39-3)28(14-15-33-27)43-29-13-12-24(35(36)37)18-26(29)32/h6-8,10-15,18-20H,4-5,9,16-17,21-22H2,1-3H3. The third kappa shape index (κ3) is 8.73. The van der Waals surface area contributed by atoms with Gasteiger partial charge in [0.15, 0.2) is 23.1 Å². The molecule has 1 heterocycles. The van der Waals surface area contributed by atoms with Gasteiger partial charge in [-0.1, -0.05) is 30.3 Å². The molecule has 13 heteroatoms. The number of aromatic nitrogens is 1. The monoisotopic (exact) mass is 627 g/mol. The maximum absolute atomic E-state index is 14.5. The molecule has 4 rings (SSSR count). The average molecular weight is 628 g/mol. The van der Waals surface area contributed by atoms with E-state index in [0.29, 0.717) is 48.5 Å². The molecule has 0 bridgehead atoms. The minimum atomic E-state index is -3.31. The molecule has 0 saturated heterocycles. The van der Waals surface area contributed by atoms with Gasteiger partial charge in [0.25, 0.3) is 5.69 Å². The van der Waals surface area contributed by atoms with E-state index in [1.165, 1.54) is 25.4 Å². The second-order valence-electron chi connectivity index (χ2n) is 9.63. The molecule has 0 radical (unpaired) electrons. The van der Waals surface area contributed by atoms with E-state index < -0.39 is 18.3 Å². The van der Waals surface area contributed by atoms with Gasteiger partial charge in [-0.3, -0.25) is 24.6 Å². The van der Waals surface area contributed by atoms with E-state index in [2.05, 4.69) is 4.98 Å². The lowest BCUT2D eigenvalue weighted by atomic mass is 10.1. The fraction of sp³-hybridized carbons (Fsp3) is 0.323. The molecule has 0 unspecified atom stereocenters. The summed E-state index contributed by atoms with van der Waals surface area (Å²) in [6.07, 6.45) is 2.25. The molecule has 0 amide bonds. The zero-order valence-electron chi connectivity index (χ0n) is 24.8. The number of nitrogens with zero attached hydrogens (tertiary/aromatic N) is 3. The number of fused-ring (bicyclic) bond motifs is 1. The number of benzene rings is 3. The van der Waals surface area contributed by atoms with Gasteiger partial charge in [0.2, 0.25) is 0 Å². The number of pyridine rings is 1. The van der Waals surface area contributed by atoms with Crippen LogP contribution in [-0.4, -0.2) is 54.6 Å². The molecule has 0 spiro atoms. The highest BCUT2D eigenvalue weighted by Crippen LogP contribution is 2.48.